The molecule has 27 heavy (non-hydrogen) atoms. The molecular formula is C23H31N3O. The van der Waals surface area contributed by atoms with Gasteiger partial charge in [-0.1, -0.05) is 42.5 Å². The molecule has 1 aliphatic heterocycles. The Bertz CT molecular complexity index is 723. The van der Waals surface area contributed by atoms with Crippen molar-refractivity contribution in [3.8, 4) is 0 Å². The van der Waals surface area contributed by atoms with Crippen molar-refractivity contribution in [2.45, 2.75) is 26.3 Å². The van der Waals surface area contributed by atoms with Gasteiger partial charge in [-0.25, -0.2) is 0 Å². The third-order valence-corrected chi connectivity index (χ3v) is 5.56. The number of para-hydroxylation sites is 1. The van der Waals surface area contributed by atoms with Crippen LogP contribution in [0.5, 0.6) is 0 Å². The number of nitrogens with zero attached hydrogens (tertiary/aromatic N) is 2. The molecule has 1 aliphatic rings. The molecule has 0 aliphatic carbocycles. The van der Waals surface area contributed by atoms with E-state index in [1.807, 2.05) is 18.2 Å². The first-order chi connectivity index (χ1) is 13.1. The lowest BCUT2D eigenvalue weighted by atomic mass is 9.95. The van der Waals surface area contributed by atoms with E-state index in [4.69, 9.17) is 0 Å². The number of hydrogen-bond acceptors (Lipinski definition) is 3. The van der Waals surface area contributed by atoms with Crippen LogP contribution in [0.3, 0.4) is 0 Å². The Morgan fingerprint density at radius 2 is 1.74 bits per heavy atom. The number of likely N-dealkylation sites (tertiary alicyclic amines) is 1. The Kier molecular flexibility index (Phi) is 6.88. The van der Waals surface area contributed by atoms with Gasteiger partial charge in [0.05, 0.1) is 0 Å². The van der Waals surface area contributed by atoms with Crippen molar-refractivity contribution in [2.24, 2.45) is 5.92 Å². The van der Waals surface area contributed by atoms with Gasteiger partial charge >= 0.3 is 0 Å². The zero-order valence-electron chi connectivity index (χ0n) is 16.5. The molecule has 0 spiro atoms. The summed E-state index contributed by atoms with van der Waals surface area (Å²) in [5.74, 6) is 0.368. The Balaban J connectivity index is 1.38. The number of piperidine rings is 1. The van der Waals surface area contributed by atoms with Gasteiger partial charge in [0.1, 0.15) is 0 Å². The lowest BCUT2D eigenvalue weighted by Gasteiger charge is -2.31. The highest BCUT2D eigenvalue weighted by Gasteiger charge is 2.24. The number of likely N-dealkylation sites (N-methyl/N-ethyl adjacent to an activating group) is 1. The minimum absolute atomic E-state index is 0.153. The van der Waals surface area contributed by atoms with E-state index in [1.54, 1.807) is 0 Å². The molecule has 0 saturated carbocycles. The van der Waals surface area contributed by atoms with Crippen LogP contribution in [0.1, 0.15) is 24.0 Å². The number of carbonyl (C=O) groups is 1. The zero-order chi connectivity index (χ0) is 19.1. The second-order valence-electron chi connectivity index (χ2n) is 7.53. The van der Waals surface area contributed by atoms with Gasteiger partial charge in [-0.3, -0.25) is 9.69 Å². The molecule has 2 aromatic rings. The van der Waals surface area contributed by atoms with Gasteiger partial charge in [-0.05, 0) is 56.1 Å². The van der Waals surface area contributed by atoms with Crippen LogP contribution in [0.2, 0.25) is 0 Å². The predicted molar refractivity (Wildman–Crippen MR) is 112 cm³/mol. The smallest absolute Gasteiger partial charge is 0.223 e. The maximum absolute atomic E-state index is 12.5. The number of nitrogens with one attached hydrogen (secondary N) is 1. The number of hydrogen-bond donors (Lipinski definition) is 1. The lowest BCUT2D eigenvalue weighted by Crippen LogP contribution is -2.42. The van der Waals surface area contributed by atoms with E-state index in [1.165, 1.54) is 16.8 Å². The second-order valence-corrected chi connectivity index (χ2v) is 7.53. The summed E-state index contributed by atoms with van der Waals surface area (Å²) >= 11 is 0. The van der Waals surface area contributed by atoms with Crippen LogP contribution in [-0.4, -0.2) is 44.0 Å². The van der Waals surface area contributed by atoms with Gasteiger partial charge in [0.15, 0.2) is 0 Å². The first kappa shape index (κ1) is 19.4. The molecule has 1 fully saturated rings. The highest BCUT2D eigenvalue weighted by Crippen LogP contribution is 2.20. The number of amides is 1. The first-order valence-corrected chi connectivity index (χ1v) is 9.94. The van der Waals surface area contributed by atoms with E-state index < -0.39 is 0 Å². The fourth-order valence-electron chi connectivity index (χ4n) is 3.68. The first-order valence-electron chi connectivity index (χ1n) is 9.94. The average molecular weight is 366 g/mol. The summed E-state index contributed by atoms with van der Waals surface area (Å²) < 4.78 is 0. The van der Waals surface area contributed by atoms with Crippen LogP contribution >= 0.6 is 0 Å². The van der Waals surface area contributed by atoms with E-state index in [0.29, 0.717) is 6.54 Å². The molecule has 0 radical (unpaired) electrons. The lowest BCUT2D eigenvalue weighted by molar-refractivity contribution is -0.126. The molecule has 0 aromatic heterocycles. The van der Waals surface area contributed by atoms with E-state index in [0.717, 1.165) is 39.0 Å². The minimum atomic E-state index is 0.153. The van der Waals surface area contributed by atoms with Gasteiger partial charge in [0.25, 0.3) is 0 Å². The Labute approximate surface area is 163 Å². The van der Waals surface area contributed by atoms with Gasteiger partial charge in [0.2, 0.25) is 5.91 Å². The summed E-state index contributed by atoms with van der Waals surface area (Å²) in [6.07, 6.45) is 1.90. The zero-order valence-corrected chi connectivity index (χ0v) is 16.5. The van der Waals surface area contributed by atoms with Crippen molar-refractivity contribution in [1.29, 1.82) is 0 Å². The van der Waals surface area contributed by atoms with Crippen molar-refractivity contribution < 1.29 is 4.79 Å². The molecule has 1 heterocycles. The standard InChI is InChI=1S/C23H31N3O/c1-19-8-6-7-9-21(19)18-26-15-12-20(13-16-26)23(27)24-14-17-25(2)22-10-4-3-5-11-22/h3-11,20H,12-18H2,1-2H3,(H,24,27). The Hall–Kier alpha value is -2.33. The van der Waals surface area contributed by atoms with Crippen molar-refractivity contribution in [3.63, 3.8) is 0 Å². The largest absolute Gasteiger partial charge is 0.373 e. The summed E-state index contributed by atoms with van der Waals surface area (Å²) in [6, 6.07) is 18.8. The van der Waals surface area contributed by atoms with Gasteiger partial charge in [-0.2, -0.15) is 0 Å². The van der Waals surface area contributed by atoms with Crippen LogP contribution in [0.15, 0.2) is 54.6 Å². The number of anilines is 1. The summed E-state index contributed by atoms with van der Waals surface area (Å²) in [7, 11) is 2.06. The summed E-state index contributed by atoms with van der Waals surface area (Å²) in [4.78, 5) is 17.1. The molecule has 4 nitrogen and oxygen atoms in total. The summed E-state index contributed by atoms with van der Waals surface area (Å²) in [6.45, 7) is 6.66. The molecule has 3 rings (SSSR count). The fourth-order valence-corrected chi connectivity index (χ4v) is 3.68. The molecule has 0 atom stereocenters. The molecule has 4 heteroatoms. The molecule has 0 unspecified atom stereocenters. The fraction of sp³-hybridized carbons (Fsp3) is 0.435. The Morgan fingerprint density at radius 1 is 1.07 bits per heavy atom. The van der Waals surface area contributed by atoms with Gasteiger partial charge in [0, 0.05) is 38.3 Å². The third-order valence-electron chi connectivity index (χ3n) is 5.56. The molecule has 1 amide bonds. The molecule has 144 valence electrons. The van der Waals surface area contributed by atoms with Crippen molar-refractivity contribution in [3.05, 3.63) is 65.7 Å². The third kappa shape index (κ3) is 5.57. The van der Waals surface area contributed by atoms with Crippen molar-refractivity contribution in [2.75, 3.05) is 38.1 Å². The van der Waals surface area contributed by atoms with E-state index in [-0.39, 0.29) is 11.8 Å². The van der Waals surface area contributed by atoms with E-state index >= 15 is 0 Å². The number of carbonyl (C=O) groups excluding carboxylic acids is 1. The van der Waals surface area contributed by atoms with Crippen LogP contribution in [0, 0.1) is 12.8 Å². The van der Waals surface area contributed by atoms with Crippen LogP contribution in [-0.2, 0) is 11.3 Å². The quantitative estimate of drug-likeness (QED) is 0.816. The summed E-state index contributed by atoms with van der Waals surface area (Å²) in [5.41, 5.74) is 3.92. The second kappa shape index (κ2) is 9.56. The SMILES string of the molecule is Cc1ccccc1CN1CCC(C(=O)NCCN(C)c2ccccc2)CC1. The molecule has 1 N–H and O–H groups in total. The number of benzene rings is 2. The van der Waals surface area contributed by atoms with Crippen molar-refractivity contribution in [1.82, 2.24) is 10.2 Å². The van der Waals surface area contributed by atoms with Crippen LogP contribution < -0.4 is 10.2 Å². The normalized spacial score (nSPS) is 15.5. The molecule has 2 aromatic carbocycles. The maximum Gasteiger partial charge on any atom is 0.223 e. The van der Waals surface area contributed by atoms with Crippen LogP contribution in [0.4, 0.5) is 5.69 Å². The Morgan fingerprint density at radius 3 is 2.44 bits per heavy atom. The highest BCUT2D eigenvalue weighted by atomic mass is 16.1. The van der Waals surface area contributed by atoms with Gasteiger partial charge in [-0.15, -0.1) is 0 Å². The predicted octanol–water partition coefficient (Wildman–Crippen LogP) is 3.46. The monoisotopic (exact) mass is 365 g/mol. The van der Waals surface area contributed by atoms with Crippen molar-refractivity contribution >= 4 is 11.6 Å². The minimum Gasteiger partial charge on any atom is -0.373 e. The highest BCUT2D eigenvalue weighted by molar-refractivity contribution is 5.78. The number of aryl methyl sites for hydroxylation is 1. The topological polar surface area (TPSA) is 35.6 Å². The van der Waals surface area contributed by atoms with Crippen LogP contribution in [0.25, 0.3) is 0 Å². The molecular weight excluding hydrogens is 334 g/mol. The number of rotatable bonds is 7. The van der Waals surface area contributed by atoms with E-state index in [2.05, 4.69) is 65.5 Å². The molecule has 1 saturated heterocycles. The molecule has 0 bridgehead atoms. The maximum atomic E-state index is 12.5. The van der Waals surface area contributed by atoms with Gasteiger partial charge < -0.3 is 10.2 Å². The van der Waals surface area contributed by atoms with E-state index in [9.17, 15) is 4.79 Å². The average Bonchev–Trinajstić information content (AvgIpc) is 2.71. The summed E-state index contributed by atoms with van der Waals surface area (Å²) in [5, 5.41) is 3.13.